The van der Waals surface area contributed by atoms with Crippen molar-refractivity contribution >= 4 is 21.8 Å². The fourth-order valence-electron chi connectivity index (χ4n) is 2.98. The zero-order chi connectivity index (χ0) is 17.7. The second-order valence-corrected chi connectivity index (χ2v) is 9.48. The van der Waals surface area contributed by atoms with E-state index in [4.69, 9.17) is 0 Å². The summed E-state index contributed by atoms with van der Waals surface area (Å²) >= 11 is 1.87. The van der Waals surface area contributed by atoms with Crippen molar-refractivity contribution in [2.24, 2.45) is 0 Å². The van der Waals surface area contributed by atoms with Gasteiger partial charge in [-0.2, -0.15) is 4.31 Å². The van der Waals surface area contributed by atoms with Crippen LogP contribution >= 0.6 is 11.8 Å². The number of nitrogens with zero attached hydrogens (tertiary/aromatic N) is 1. The lowest BCUT2D eigenvalue weighted by Gasteiger charge is -2.31. The topological polar surface area (TPSA) is 41.8 Å². The van der Waals surface area contributed by atoms with Crippen LogP contribution in [0.5, 0.6) is 0 Å². The van der Waals surface area contributed by atoms with Crippen LogP contribution < -0.4 is 4.90 Å². The average Bonchev–Trinajstić information content (AvgIpc) is 2.64. The predicted molar refractivity (Wildman–Crippen MR) is 103 cm³/mol. The number of hydrogen-bond donors (Lipinski definition) is 1. The molecule has 1 aliphatic rings. The summed E-state index contributed by atoms with van der Waals surface area (Å²) in [5, 5.41) is 0. The van der Waals surface area contributed by atoms with Gasteiger partial charge in [0.1, 0.15) is 0 Å². The van der Waals surface area contributed by atoms with E-state index in [9.17, 15) is 8.42 Å². The molecule has 1 heterocycles. The molecule has 0 unspecified atom stereocenters. The third-order valence-electron chi connectivity index (χ3n) is 4.56. The predicted octanol–water partition coefficient (Wildman–Crippen LogP) is 1.68. The Kier molecular flexibility index (Phi) is 6.17. The van der Waals surface area contributed by atoms with Crippen LogP contribution in [0.1, 0.15) is 5.56 Å². The Bertz CT molecular complexity index is 769. The minimum absolute atomic E-state index is 0.397. The molecule has 0 aliphatic carbocycles. The van der Waals surface area contributed by atoms with Crippen molar-refractivity contribution in [3.05, 3.63) is 60.2 Å². The molecule has 2 aromatic rings. The van der Waals surface area contributed by atoms with Crippen molar-refractivity contribution in [1.82, 2.24) is 4.31 Å². The van der Waals surface area contributed by atoms with Gasteiger partial charge in [-0.15, -0.1) is 11.8 Å². The fraction of sp³-hybridized carbons (Fsp3) is 0.368. The maximum Gasteiger partial charge on any atom is 0.243 e. The number of sulfonamides is 1. The van der Waals surface area contributed by atoms with Gasteiger partial charge >= 0.3 is 0 Å². The third kappa shape index (κ3) is 4.85. The lowest BCUT2D eigenvalue weighted by atomic mass is 10.2. The van der Waals surface area contributed by atoms with E-state index >= 15 is 0 Å². The largest absolute Gasteiger partial charge is 0.332 e. The van der Waals surface area contributed by atoms with E-state index in [2.05, 4.69) is 31.2 Å². The van der Waals surface area contributed by atoms with E-state index in [0.29, 0.717) is 18.0 Å². The Labute approximate surface area is 154 Å². The molecule has 0 bridgehead atoms. The van der Waals surface area contributed by atoms with E-state index in [1.54, 1.807) is 28.6 Å². The van der Waals surface area contributed by atoms with Gasteiger partial charge in [-0.1, -0.05) is 35.9 Å². The molecule has 4 nitrogen and oxygen atoms in total. The molecule has 0 saturated carbocycles. The first-order valence-electron chi connectivity index (χ1n) is 8.64. The van der Waals surface area contributed by atoms with Gasteiger partial charge in [0.25, 0.3) is 0 Å². The number of quaternary nitrogens is 1. The number of aryl methyl sites for hydroxylation is 1. The van der Waals surface area contributed by atoms with Crippen LogP contribution in [0, 0.1) is 6.92 Å². The standard InChI is InChI=1S/C19H24N2O2S2/c1-17-7-9-18(10-8-17)24-16-15-20-11-13-21(14-12-20)25(22,23)19-5-3-2-4-6-19/h2-10H,11-16H2,1H3/p+1. The van der Waals surface area contributed by atoms with Crippen molar-refractivity contribution in [3.8, 4) is 0 Å². The highest BCUT2D eigenvalue weighted by Gasteiger charge is 2.29. The number of nitrogens with one attached hydrogen (secondary N) is 1. The summed E-state index contributed by atoms with van der Waals surface area (Å²) in [7, 11) is -3.34. The fourth-order valence-corrected chi connectivity index (χ4v) is 5.40. The molecule has 0 atom stereocenters. The third-order valence-corrected chi connectivity index (χ3v) is 7.48. The molecular formula is C19H25N2O2S2+. The summed E-state index contributed by atoms with van der Waals surface area (Å²) in [6, 6.07) is 17.4. The minimum atomic E-state index is -3.34. The second-order valence-electron chi connectivity index (χ2n) is 6.38. The molecule has 3 rings (SSSR count). The molecule has 134 valence electrons. The van der Waals surface area contributed by atoms with Crippen LogP contribution in [0.25, 0.3) is 0 Å². The van der Waals surface area contributed by atoms with E-state index in [-0.39, 0.29) is 0 Å². The highest BCUT2D eigenvalue weighted by Crippen LogP contribution is 2.17. The quantitative estimate of drug-likeness (QED) is 0.779. The lowest BCUT2D eigenvalue weighted by molar-refractivity contribution is -0.901. The Morgan fingerprint density at radius 2 is 1.64 bits per heavy atom. The first-order chi connectivity index (χ1) is 12.1. The van der Waals surface area contributed by atoms with Crippen LogP contribution in [0.4, 0.5) is 0 Å². The van der Waals surface area contributed by atoms with Crippen molar-refractivity contribution in [2.75, 3.05) is 38.5 Å². The normalized spacial score (nSPS) is 16.8. The van der Waals surface area contributed by atoms with Crippen molar-refractivity contribution in [1.29, 1.82) is 0 Å². The maximum absolute atomic E-state index is 12.6. The maximum atomic E-state index is 12.6. The Morgan fingerprint density at radius 3 is 2.28 bits per heavy atom. The van der Waals surface area contributed by atoms with Crippen molar-refractivity contribution in [2.45, 2.75) is 16.7 Å². The van der Waals surface area contributed by atoms with Gasteiger partial charge in [-0.3, -0.25) is 0 Å². The van der Waals surface area contributed by atoms with Crippen LogP contribution in [0.15, 0.2) is 64.4 Å². The summed E-state index contributed by atoms with van der Waals surface area (Å²) in [6.45, 7) is 6.11. The van der Waals surface area contributed by atoms with Gasteiger partial charge in [0, 0.05) is 10.6 Å². The summed E-state index contributed by atoms with van der Waals surface area (Å²) in [4.78, 5) is 3.18. The molecule has 2 aromatic carbocycles. The Hall–Kier alpha value is -1.34. The van der Waals surface area contributed by atoms with Gasteiger partial charge in [-0.05, 0) is 31.2 Å². The minimum Gasteiger partial charge on any atom is -0.332 e. The first-order valence-corrected chi connectivity index (χ1v) is 11.1. The summed E-state index contributed by atoms with van der Waals surface area (Å²) < 4.78 is 26.9. The number of piperazine rings is 1. The molecule has 1 N–H and O–H groups in total. The number of thioether (sulfide) groups is 1. The highest BCUT2D eigenvalue weighted by molar-refractivity contribution is 7.99. The summed E-state index contributed by atoms with van der Waals surface area (Å²) in [5.41, 5.74) is 1.28. The van der Waals surface area contributed by atoms with Gasteiger partial charge in [0.05, 0.1) is 37.6 Å². The van der Waals surface area contributed by atoms with Crippen LogP contribution in [0.3, 0.4) is 0 Å². The molecule has 6 heteroatoms. The zero-order valence-electron chi connectivity index (χ0n) is 14.5. The van der Waals surface area contributed by atoms with Crippen LogP contribution in [-0.2, 0) is 10.0 Å². The Morgan fingerprint density at radius 1 is 1.00 bits per heavy atom. The molecule has 0 amide bonds. The summed E-state index contributed by atoms with van der Waals surface area (Å²) in [6.07, 6.45) is 0. The lowest BCUT2D eigenvalue weighted by Crippen LogP contribution is -3.15. The van der Waals surface area contributed by atoms with Gasteiger partial charge in [0.2, 0.25) is 10.0 Å². The Balaban J connectivity index is 1.46. The SMILES string of the molecule is Cc1ccc(SCC[NH+]2CCN(S(=O)(=O)c3ccccc3)CC2)cc1. The van der Waals surface area contributed by atoms with E-state index in [1.165, 1.54) is 15.4 Å². The summed E-state index contributed by atoms with van der Waals surface area (Å²) in [5.74, 6) is 1.06. The van der Waals surface area contributed by atoms with Gasteiger partial charge in [-0.25, -0.2) is 8.42 Å². The van der Waals surface area contributed by atoms with E-state index in [1.807, 2.05) is 17.8 Å². The van der Waals surface area contributed by atoms with E-state index in [0.717, 1.165) is 25.4 Å². The molecular weight excluding hydrogens is 352 g/mol. The molecule has 0 aromatic heterocycles. The van der Waals surface area contributed by atoms with Crippen molar-refractivity contribution in [3.63, 3.8) is 0 Å². The highest BCUT2D eigenvalue weighted by atomic mass is 32.2. The second kappa shape index (κ2) is 8.36. The molecule has 0 radical (unpaired) electrons. The van der Waals surface area contributed by atoms with Crippen molar-refractivity contribution < 1.29 is 13.3 Å². The smallest absolute Gasteiger partial charge is 0.243 e. The first kappa shape index (κ1) is 18.5. The molecule has 1 aliphatic heterocycles. The average molecular weight is 378 g/mol. The number of rotatable bonds is 6. The molecule has 1 fully saturated rings. The van der Waals surface area contributed by atoms with Gasteiger partial charge < -0.3 is 4.90 Å². The number of benzene rings is 2. The molecule has 1 saturated heterocycles. The van der Waals surface area contributed by atoms with E-state index < -0.39 is 10.0 Å². The zero-order valence-corrected chi connectivity index (χ0v) is 16.2. The number of hydrogen-bond acceptors (Lipinski definition) is 3. The molecule has 0 spiro atoms. The van der Waals surface area contributed by atoms with Crippen LogP contribution in [0.2, 0.25) is 0 Å². The monoisotopic (exact) mass is 377 g/mol. The van der Waals surface area contributed by atoms with Gasteiger partial charge in [0.15, 0.2) is 0 Å². The van der Waals surface area contributed by atoms with Crippen LogP contribution in [-0.4, -0.2) is 51.2 Å². The molecule has 25 heavy (non-hydrogen) atoms.